The highest BCUT2D eigenvalue weighted by Crippen LogP contribution is 2.10. The standard InChI is InChI=1S/C19H27N5O2/c1-2-20-19(23-11-14-24-12-3-4-13-24)22-10-6-9-21-18(26)16-7-5-8-17(25)15-16/h3-5,7-8,12-13,15,25H,2,6,9-11,14H2,1H3,(H,21,26)(H2,20,22,23). The van der Waals surface area contributed by atoms with Crippen LogP contribution in [0.5, 0.6) is 5.75 Å². The van der Waals surface area contributed by atoms with Gasteiger partial charge in [0.2, 0.25) is 0 Å². The van der Waals surface area contributed by atoms with E-state index in [1.54, 1.807) is 12.1 Å². The molecule has 140 valence electrons. The smallest absolute Gasteiger partial charge is 0.251 e. The third-order valence-corrected chi connectivity index (χ3v) is 3.67. The number of carbonyl (C=O) groups excluding carboxylic acids is 1. The van der Waals surface area contributed by atoms with Crippen LogP contribution in [-0.4, -0.2) is 47.7 Å². The van der Waals surface area contributed by atoms with Crippen molar-refractivity contribution in [2.24, 2.45) is 4.99 Å². The van der Waals surface area contributed by atoms with Gasteiger partial charge in [0, 0.05) is 50.7 Å². The second-order valence-electron chi connectivity index (χ2n) is 5.77. The molecule has 0 saturated heterocycles. The predicted molar refractivity (Wildman–Crippen MR) is 103 cm³/mol. The third-order valence-electron chi connectivity index (χ3n) is 3.67. The molecule has 1 amide bonds. The Kier molecular flexibility index (Phi) is 8.05. The Labute approximate surface area is 154 Å². The number of phenols is 1. The van der Waals surface area contributed by atoms with Crippen molar-refractivity contribution in [1.29, 1.82) is 0 Å². The third kappa shape index (κ3) is 6.88. The maximum Gasteiger partial charge on any atom is 0.251 e. The number of rotatable bonds is 9. The Morgan fingerprint density at radius 1 is 1.12 bits per heavy atom. The maximum absolute atomic E-state index is 12.0. The first-order chi connectivity index (χ1) is 12.7. The van der Waals surface area contributed by atoms with E-state index < -0.39 is 0 Å². The molecule has 0 bridgehead atoms. The molecule has 1 aromatic heterocycles. The molecule has 2 aromatic rings. The van der Waals surface area contributed by atoms with Crippen LogP contribution < -0.4 is 16.0 Å². The predicted octanol–water partition coefficient (Wildman–Crippen LogP) is 1.57. The minimum Gasteiger partial charge on any atom is -0.508 e. The monoisotopic (exact) mass is 357 g/mol. The molecule has 0 aliphatic heterocycles. The molecule has 2 rings (SSSR count). The van der Waals surface area contributed by atoms with E-state index in [0.717, 1.165) is 32.0 Å². The number of amides is 1. The average Bonchev–Trinajstić information content (AvgIpc) is 3.14. The SMILES string of the molecule is CCNC(=NCCCNC(=O)c1cccc(O)c1)NCCn1cccc1. The van der Waals surface area contributed by atoms with Crippen molar-refractivity contribution in [1.82, 2.24) is 20.5 Å². The number of hydrogen-bond acceptors (Lipinski definition) is 3. The maximum atomic E-state index is 12.0. The topological polar surface area (TPSA) is 90.7 Å². The molecular formula is C19H27N5O2. The fourth-order valence-electron chi connectivity index (χ4n) is 2.39. The fraction of sp³-hybridized carbons (Fsp3) is 0.368. The van der Waals surface area contributed by atoms with Crippen molar-refractivity contribution in [3.05, 3.63) is 54.4 Å². The molecule has 0 aliphatic rings. The average molecular weight is 357 g/mol. The van der Waals surface area contributed by atoms with Crippen molar-refractivity contribution in [2.75, 3.05) is 26.2 Å². The number of nitrogens with zero attached hydrogens (tertiary/aromatic N) is 2. The lowest BCUT2D eigenvalue weighted by Gasteiger charge is -2.12. The minimum absolute atomic E-state index is 0.0866. The zero-order valence-corrected chi connectivity index (χ0v) is 15.1. The lowest BCUT2D eigenvalue weighted by Crippen LogP contribution is -2.39. The van der Waals surface area contributed by atoms with E-state index in [9.17, 15) is 9.90 Å². The first-order valence-electron chi connectivity index (χ1n) is 8.89. The number of phenolic OH excluding ortho intramolecular Hbond substituents is 1. The van der Waals surface area contributed by atoms with E-state index in [1.165, 1.54) is 12.1 Å². The molecule has 1 aromatic carbocycles. The zero-order valence-electron chi connectivity index (χ0n) is 15.1. The molecule has 26 heavy (non-hydrogen) atoms. The minimum atomic E-state index is -0.193. The van der Waals surface area contributed by atoms with Gasteiger partial charge in [-0.05, 0) is 43.7 Å². The first-order valence-corrected chi connectivity index (χ1v) is 8.89. The van der Waals surface area contributed by atoms with Gasteiger partial charge in [0.25, 0.3) is 5.91 Å². The van der Waals surface area contributed by atoms with Gasteiger partial charge in [-0.15, -0.1) is 0 Å². The molecule has 0 aliphatic carbocycles. The van der Waals surface area contributed by atoms with E-state index in [1.807, 2.05) is 31.5 Å². The number of benzene rings is 1. The number of guanidine groups is 1. The van der Waals surface area contributed by atoms with E-state index in [-0.39, 0.29) is 11.7 Å². The number of hydrogen-bond donors (Lipinski definition) is 4. The first kappa shape index (κ1) is 19.4. The molecule has 0 spiro atoms. The van der Waals surface area contributed by atoms with Gasteiger partial charge < -0.3 is 25.6 Å². The normalized spacial score (nSPS) is 11.2. The van der Waals surface area contributed by atoms with Crippen LogP contribution >= 0.6 is 0 Å². The van der Waals surface area contributed by atoms with Crippen molar-refractivity contribution in [3.8, 4) is 5.75 Å². The molecule has 4 N–H and O–H groups in total. The Morgan fingerprint density at radius 3 is 2.65 bits per heavy atom. The molecule has 1 heterocycles. The molecule has 7 nitrogen and oxygen atoms in total. The summed E-state index contributed by atoms with van der Waals surface area (Å²) in [4.78, 5) is 16.5. The van der Waals surface area contributed by atoms with Gasteiger partial charge in [-0.3, -0.25) is 9.79 Å². The van der Waals surface area contributed by atoms with Crippen LogP contribution in [0.1, 0.15) is 23.7 Å². The largest absolute Gasteiger partial charge is 0.508 e. The highest BCUT2D eigenvalue weighted by molar-refractivity contribution is 5.94. The van der Waals surface area contributed by atoms with Gasteiger partial charge in [0.05, 0.1) is 0 Å². The van der Waals surface area contributed by atoms with Gasteiger partial charge in [0.15, 0.2) is 5.96 Å². The van der Waals surface area contributed by atoms with Gasteiger partial charge in [-0.2, -0.15) is 0 Å². The van der Waals surface area contributed by atoms with Gasteiger partial charge >= 0.3 is 0 Å². The van der Waals surface area contributed by atoms with Crippen LogP contribution in [0.15, 0.2) is 53.8 Å². The number of aliphatic imine (C=N–C) groups is 1. The number of aromatic nitrogens is 1. The van der Waals surface area contributed by atoms with Crippen molar-refractivity contribution in [3.63, 3.8) is 0 Å². The number of nitrogens with one attached hydrogen (secondary N) is 3. The van der Waals surface area contributed by atoms with Crippen LogP contribution in [0.25, 0.3) is 0 Å². The summed E-state index contributed by atoms with van der Waals surface area (Å²) >= 11 is 0. The van der Waals surface area contributed by atoms with E-state index in [0.29, 0.717) is 18.7 Å². The lowest BCUT2D eigenvalue weighted by molar-refractivity contribution is 0.0953. The van der Waals surface area contributed by atoms with Gasteiger partial charge in [0.1, 0.15) is 5.75 Å². The highest BCUT2D eigenvalue weighted by atomic mass is 16.3. The van der Waals surface area contributed by atoms with Gasteiger partial charge in [-0.1, -0.05) is 6.07 Å². The van der Waals surface area contributed by atoms with E-state index in [2.05, 4.69) is 25.5 Å². The van der Waals surface area contributed by atoms with Gasteiger partial charge in [-0.25, -0.2) is 0 Å². The molecule has 7 heteroatoms. The summed E-state index contributed by atoms with van der Waals surface area (Å²) in [5.74, 6) is 0.670. The summed E-state index contributed by atoms with van der Waals surface area (Å²) < 4.78 is 2.10. The van der Waals surface area contributed by atoms with Crippen LogP contribution in [0.2, 0.25) is 0 Å². The van der Waals surface area contributed by atoms with Crippen molar-refractivity contribution in [2.45, 2.75) is 19.9 Å². The molecule has 0 atom stereocenters. The summed E-state index contributed by atoms with van der Waals surface area (Å²) in [5, 5.41) is 18.7. The fourth-order valence-corrected chi connectivity index (χ4v) is 2.39. The molecule has 0 unspecified atom stereocenters. The summed E-state index contributed by atoms with van der Waals surface area (Å²) in [6.07, 6.45) is 4.79. The van der Waals surface area contributed by atoms with Crippen molar-refractivity contribution >= 4 is 11.9 Å². The summed E-state index contributed by atoms with van der Waals surface area (Å²) in [7, 11) is 0. The Balaban J connectivity index is 1.67. The van der Waals surface area contributed by atoms with Crippen LogP contribution in [0.4, 0.5) is 0 Å². The van der Waals surface area contributed by atoms with Crippen LogP contribution in [0, 0.1) is 0 Å². The molecule has 0 radical (unpaired) electrons. The quantitative estimate of drug-likeness (QED) is 0.311. The Hall–Kier alpha value is -2.96. The summed E-state index contributed by atoms with van der Waals surface area (Å²) in [6.45, 7) is 5.62. The second-order valence-corrected chi connectivity index (χ2v) is 5.77. The number of aromatic hydroxyl groups is 1. The lowest BCUT2D eigenvalue weighted by atomic mass is 10.2. The van der Waals surface area contributed by atoms with E-state index >= 15 is 0 Å². The molecule has 0 fully saturated rings. The van der Waals surface area contributed by atoms with Crippen molar-refractivity contribution < 1.29 is 9.90 Å². The zero-order chi connectivity index (χ0) is 18.6. The van der Waals surface area contributed by atoms with Crippen LogP contribution in [-0.2, 0) is 6.54 Å². The Bertz CT molecular complexity index is 698. The Morgan fingerprint density at radius 2 is 1.92 bits per heavy atom. The molecular weight excluding hydrogens is 330 g/mol. The van der Waals surface area contributed by atoms with Crippen LogP contribution in [0.3, 0.4) is 0 Å². The van der Waals surface area contributed by atoms with E-state index in [4.69, 9.17) is 0 Å². The molecule has 0 saturated carbocycles. The summed E-state index contributed by atoms with van der Waals surface area (Å²) in [5.41, 5.74) is 0.452. The highest BCUT2D eigenvalue weighted by Gasteiger charge is 2.05. The number of carbonyl (C=O) groups is 1. The summed E-state index contributed by atoms with van der Waals surface area (Å²) in [6, 6.07) is 10.3. The second kappa shape index (κ2) is 10.8.